The molecule has 4 aliphatic carbocycles. The topological polar surface area (TPSA) is 36.9 Å². The van der Waals surface area contributed by atoms with Gasteiger partial charge in [-0.2, -0.15) is 0 Å². The second-order valence-corrected chi connectivity index (χ2v) is 23.4. The van der Waals surface area contributed by atoms with Crippen LogP contribution >= 0.6 is 11.8 Å². The van der Waals surface area contributed by atoms with Crippen LogP contribution in [0.25, 0.3) is 0 Å². The van der Waals surface area contributed by atoms with Crippen LogP contribution in [0.1, 0.15) is 45.4 Å². The number of thioether (sulfide) groups is 1. The lowest BCUT2D eigenvalue weighted by Gasteiger charge is -2.58. The number of rotatable bonds is 11. The predicted octanol–water partition coefficient (Wildman–Crippen LogP) is 7.97. The van der Waals surface area contributed by atoms with Crippen LogP contribution in [0.2, 0.25) is 39.3 Å². The van der Waals surface area contributed by atoms with Crippen LogP contribution in [0.4, 0.5) is 0 Å². The molecule has 0 radical (unpaired) electrons. The molecule has 4 aliphatic rings. The van der Waals surface area contributed by atoms with Gasteiger partial charge < -0.3 is 18.3 Å². The van der Waals surface area contributed by atoms with E-state index in [9.17, 15) is 0 Å². The minimum Gasteiger partial charge on any atom is -0.547 e. The smallest absolute Gasteiger partial charge is 0.242 e. The van der Waals surface area contributed by atoms with E-state index in [1.165, 1.54) is 37.9 Å². The first-order valence-corrected chi connectivity index (χ1v) is 22.0. The molecule has 36 heavy (non-hydrogen) atoms. The fourth-order valence-corrected chi connectivity index (χ4v) is 10.4. The zero-order valence-electron chi connectivity index (χ0n) is 24.1. The molecule has 7 heteroatoms. The maximum absolute atomic E-state index is 6.69. The van der Waals surface area contributed by atoms with E-state index in [0.717, 1.165) is 35.7 Å². The molecule has 204 valence electrons. The zero-order chi connectivity index (χ0) is 26.2. The SMILES string of the molecule is COCCOCSC[C@]12CC=C(O[Si](C)(C)C)C=C1CC[C@@H]1[C@@H]2CC[C@]2(C)C(O[Si](C)(C)C)=CC[C@@H]12. The summed E-state index contributed by atoms with van der Waals surface area (Å²) in [5.41, 5.74) is 2.10. The van der Waals surface area contributed by atoms with Crippen LogP contribution in [0.5, 0.6) is 0 Å². The third kappa shape index (κ3) is 6.06. The Bertz CT molecular complexity index is 887. The maximum atomic E-state index is 6.69. The van der Waals surface area contributed by atoms with E-state index < -0.39 is 16.6 Å². The van der Waals surface area contributed by atoms with Crippen molar-refractivity contribution in [2.75, 3.05) is 32.0 Å². The Morgan fingerprint density at radius 3 is 2.42 bits per heavy atom. The van der Waals surface area contributed by atoms with E-state index in [2.05, 4.69) is 64.4 Å². The van der Waals surface area contributed by atoms with Gasteiger partial charge in [0.1, 0.15) is 0 Å². The summed E-state index contributed by atoms with van der Waals surface area (Å²) in [5.74, 6) is 6.55. The number of hydrogen-bond donors (Lipinski definition) is 0. The van der Waals surface area contributed by atoms with Gasteiger partial charge in [-0.15, -0.1) is 11.8 Å². The molecule has 5 atom stereocenters. The summed E-state index contributed by atoms with van der Waals surface area (Å²) in [6.45, 7) is 17.7. The predicted molar refractivity (Wildman–Crippen MR) is 157 cm³/mol. The fraction of sp³-hybridized carbons (Fsp3) is 0.793. The van der Waals surface area contributed by atoms with Crippen molar-refractivity contribution in [2.24, 2.45) is 28.6 Å². The van der Waals surface area contributed by atoms with Crippen LogP contribution in [0.15, 0.2) is 35.3 Å². The van der Waals surface area contributed by atoms with Crippen LogP contribution in [-0.2, 0) is 18.3 Å². The fourth-order valence-electron chi connectivity index (χ4n) is 7.38. The minimum absolute atomic E-state index is 0.219. The van der Waals surface area contributed by atoms with Crippen molar-refractivity contribution in [1.29, 1.82) is 0 Å². The van der Waals surface area contributed by atoms with E-state index >= 15 is 0 Å². The third-order valence-electron chi connectivity index (χ3n) is 8.83. The van der Waals surface area contributed by atoms with Crippen molar-refractivity contribution in [3.63, 3.8) is 0 Å². The van der Waals surface area contributed by atoms with Crippen LogP contribution < -0.4 is 0 Å². The molecule has 0 heterocycles. The molecule has 0 amide bonds. The summed E-state index contributed by atoms with van der Waals surface area (Å²) in [4.78, 5) is 0. The van der Waals surface area contributed by atoms with E-state index in [1.54, 1.807) is 12.7 Å². The second-order valence-electron chi connectivity index (χ2n) is 13.6. The van der Waals surface area contributed by atoms with Crippen molar-refractivity contribution in [3.8, 4) is 0 Å². The number of ether oxygens (including phenoxy) is 2. The number of methoxy groups -OCH3 is 1. The summed E-state index contributed by atoms with van der Waals surface area (Å²) < 4.78 is 24.2. The molecule has 0 N–H and O–H groups in total. The van der Waals surface area contributed by atoms with Gasteiger partial charge in [0, 0.05) is 23.7 Å². The lowest BCUT2D eigenvalue weighted by molar-refractivity contribution is -0.0315. The largest absolute Gasteiger partial charge is 0.547 e. The Hall–Kier alpha value is -0.476. The highest BCUT2D eigenvalue weighted by Gasteiger charge is 2.59. The molecule has 0 spiro atoms. The monoisotopic (exact) mass is 550 g/mol. The molecule has 0 bridgehead atoms. The van der Waals surface area contributed by atoms with Crippen LogP contribution in [0, 0.1) is 28.6 Å². The molecule has 0 aromatic heterocycles. The van der Waals surface area contributed by atoms with E-state index in [0.29, 0.717) is 19.1 Å². The Balaban J connectivity index is 1.55. The molecule has 0 unspecified atom stereocenters. The average Bonchev–Trinajstić information content (AvgIpc) is 3.10. The molecule has 0 aromatic carbocycles. The highest BCUT2D eigenvalue weighted by molar-refractivity contribution is 7.99. The molecule has 2 fully saturated rings. The molecule has 0 saturated heterocycles. The molecule has 2 saturated carbocycles. The Labute approximate surface area is 226 Å². The molecule has 4 nitrogen and oxygen atoms in total. The van der Waals surface area contributed by atoms with Crippen LogP contribution in [-0.4, -0.2) is 48.7 Å². The van der Waals surface area contributed by atoms with Gasteiger partial charge in [-0.05, 0) is 114 Å². The average molecular weight is 551 g/mol. The summed E-state index contributed by atoms with van der Waals surface area (Å²) in [6, 6.07) is 0. The Morgan fingerprint density at radius 1 is 0.972 bits per heavy atom. The minimum atomic E-state index is -1.63. The first-order valence-electron chi connectivity index (χ1n) is 14.0. The van der Waals surface area contributed by atoms with Crippen molar-refractivity contribution in [1.82, 2.24) is 0 Å². The highest BCUT2D eigenvalue weighted by Crippen LogP contribution is 2.66. The van der Waals surface area contributed by atoms with Gasteiger partial charge in [-0.1, -0.05) is 12.5 Å². The summed E-state index contributed by atoms with van der Waals surface area (Å²) in [7, 11) is -1.51. The molecular formula is C29H50O4SSi2. The molecule has 0 aliphatic heterocycles. The van der Waals surface area contributed by atoms with Gasteiger partial charge in [-0.3, -0.25) is 0 Å². The third-order valence-corrected chi connectivity index (χ3v) is 11.6. The van der Waals surface area contributed by atoms with Gasteiger partial charge in [0.25, 0.3) is 0 Å². The standard InChI is InChI=1S/C29H50O4SSi2/c1-28-15-14-26-24(25(28)11-12-27(28)33-36(6,7)8)10-9-22-19-23(32-35(3,4)5)13-16-29(22,26)20-34-21-31-18-17-30-2/h12-13,19,24-26H,9-11,14-18,20-21H2,1-8H3/t24-,25-,26-,28-,29+/m0/s1. The summed E-state index contributed by atoms with van der Waals surface area (Å²) in [6.07, 6.45) is 14.7. The van der Waals surface area contributed by atoms with Gasteiger partial charge in [0.05, 0.1) is 30.7 Å². The van der Waals surface area contributed by atoms with Gasteiger partial charge in [0.15, 0.2) is 0 Å². The van der Waals surface area contributed by atoms with Gasteiger partial charge in [0.2, 0.25) is 16.6 Å². The van der Waals surface area contributed by atoms with Gasteiger partial charge >= 0.3 is 0 Å². The maximum Gasteiger partial charge on any atom is 0.242 e. The number of hydrogen-bond acceptors (Lipinski definition) is 5. The van der Waals surface area contributed by atoms with Crippen LogP contribution in [0.3, 0.4) is 0 Å². The number of fused-ring (bicyclic) bond motifs is 5. The first-order chi connectivity index (χ1) is 16.9. The van der Waals surface area contributed by atoms with Crippen molar-refractivity contribution < 1.29 is 18.3 Å². The molecular weight excluding hydrogens is 501 g/mol. The van der Waals surface area contributed by atoms with Crippen molar-refractivity contribution in [2.45, 2.75) is 84.7 Å². The summed E-state index contributed by atoms with van der Waals surface area (Å²) >= 11 is 1.98. The lowest BCUT2D eigenvalue weighted by atomic mass is 9.47. The van der Waals surface area contributed by atoms with E-state index in [4.69, 9.17) is 18.3 Å². The Kier molecular flexibility index (Phi) is 8.68. The Morgan fingerprint density at radius 2 is 1.72 bits per heavy atom. The summed E-state index contributed by atoms with van der Waals surface area (Å²) in [5, 5.41) is 0. The normalized spacial score (nSPS) is 34.1. The van der Waals surface area contributed by atoms with E-state index in [-0.39, 0.29) is 10.8 Å². The second kappa shape index (κ2) is 11.0. The van der Waals surface area contributed by atoms with E-state index in [1.807, 2.05) is 11.8 Å². The highest BCUT2D eigenvalue weighted by atomic mass is 32.2. The van der Waals surface area contributed by atoms with Crippen molar-refractivity contribution in [3.05, 3.63) is 35.3 Å². The number of allylic oxidation sites excluding steroid dienone is 5. The van der Waals surface area contributed by atoms with Gasteiger partial charge in [-0.25, -0.2) is 0 Å². The first kappa shape index (κ1) is 28.5. The van der Waals surface area contributed by atoms with Crippen molar-refractivity contribution >= 4 is 28.4 Å². The lowest BCUT2D eigenvalue weighted by Crippen LogP contribution is -2.52. The molecule has 4 rings (SSSR count). The zero-order valence-corrected chi connectivity index (χ0v) is 26.9. The molecule has 0 aromatic rings. The quantitative estimate of drug-likeness (QED) is 0.148.